The van der Waals surface area contributed by atoms with Gasteiger partial charge < -0.3 is 4.74 Å². The molecule has 2 aromatic rings. The van der Waals surface area contributed by atoms with Crippen LogP contribution in [0.2, 0.25) is 0 Å². The summed E-state index contributed by atoms with van der Waals surface area (Å²) in [6.07, 6.45) is 1.60. The Bertz CT molecular complexity index is 722. The molecular weight excluding hydrogens is 298 g/mol. The van der Waals surface area contributed by atoms with Gasteiger partial charge >= 0.3 is 0 Å². The minimum absolute atomic E-state index is 0.311. The molecule has 2 rings (SSSR count). The van der Waals surface area contributed by atoms with Gasteiger partial charge in [-0.05, 0) is 29.3 Å². The maximum Gasteiger partial charge on any atom is 0.236 e. The minimum atomic E-state index is -3.45. The summed E-state index contributed by atoms with van der Waals surface area (Å²) in [6.45, 7) is 0.311. The molecule has 0 aromatic heterocycles. The van der Waals surface area contributed by atoms with E-state index < -0.39 is 10.0 Å². The van der Waals surface area contributed by atoms with Crippen LogP contribution in [0.3, 0.4) is 0 Å². The van der Waals surface area contributed by atoms with Crippen LogP contribution in [0.5, 0.6) is 5.75 Å². The summed E-state index contributed by atoms with van der Waals surface area (Å²) in [5.41, 5.74) is 1.75. The van der Waals surface area contributed by atoms with E-state index in [9.17, 15) is 8.42 Å². The molecule has 0 bridgehead atoms. The predicted molar refractivity (Wildman–Crippen MR) is 88.9 cm³/mol. The van der Waals surface area contributed by atoms with Gasteiger partial charge in [0.2, 0.25) is 10.0 Å². The van der Waals surface area contributed by atoms with Gasteiger partial charge in [0.15, 0.2) is 0 Å². The highest BCUT2D eigenvalue weighted by Crippen LogP contribution is 2.15. The maximum absolute atomic E-state index is 12.2. The zero-order valence-corrected chi connectivity index (χ0v) is 13.5. The van der Waals surface area contributed by atoms with Crippen LogP contribution < -0.4 is 4.74 Å². The molecule has 0 amide bonds. The van der Waals surface area contributed by atoms with Gasteiger partial charge in [-0.2, -0.15) is 4.31 Å². The summed E-state index contributed by atoms with van der Waals surface area (Å²) >= 11 is 0. The van der Waals surface area contributed by atoms with Crippen molar-refractivity contribution in [2.24, 2.45) is 0 Å². The molecule has 0 unspecified atom stereocenters. The molecule has 116 valence electrons. The van der Waals surface area contributed by atoms with Crippen molar-refractivity contribution in [1.29, 1.82) is 0 Å². The van der Waals surface area contributed by atoms with Gasteiger partial charge in [-0.3, -0.25) is 0 Å². The smallest absolute Gasteiger partial charge is 0.236 e. The Balaban J connectivity index is 2.06. The summed E-state index contributed by atoms with van der Waals surface area (Å²) in [6, 6.07) is 16.7. The number of ether oxygens (including phenoxy) is 1. The summed E-state index contributed by atoms with van der Waals surface area (Å²) in [4.78, 5) is 0. The van der Waals surface area contributed by atoms with Crippen molar-refractivity contribution >= 4 is 16.1 Å². The van der Waals surface area contributed by atoms with E-state index in [-0.39, 0.29) is 0 Å². The molecule has 5 heteroatoms. The number of hydrogen-bond acceptors (Lipinski definition) is 3. The molecule has 0 N–H and O–H groups in total. The van der Waals surface area contributed by atoms with Crippen molar-refractivity contribution < 1.29 is 13.2 Å². The highest BCUT2D eigenvalue weighted by atomic mass is 32.2. The second-order valence-corrected chi connectivity index (χ2v) is 6.79. The van der Waals surface area contributed by atoms with Crippen LogP contribution in [0.4, 0.5) is 0 Å². The number of nitrogens with zero attached hydrogens (tertiary/aromatic N) is 1. The zero-order chi connectivity index (χ0) is 16.0. The number of benzene rings is 2. The van der Waals surface area contributed by atoms with Crippen molar-refractivity contribution in [1.82, 2.24) is 4.31 Å². The van der Waals surface area contributed by atoms with Gasteiger partial charge in [-0.15, -0.1) is 0 Å². The van der Waals surface area contributed by atoms with E-state index in [0.717, 1.165) is 16.9 Å². The van der Waals surface area contributed by atoms with E-state index in [1.807, 2.05) is 54.6 Å². The number of methoxy groups -OCH3 is 1. The quantitative estimate of drug-likeness (QED) is 0.822. The lowest BCUT2D eigenvalue weighted by molar-refractivity contribution is 0.414. The normalized spacial score (nSPS) is 12.0. The predicted octanol–water partition coefficient (Wildman–Crippen LogP) is 3.13. The molecule has 0 aliphatic carbocycles. The number of hydrogen-bond donors (Lipinski definition) is 0. The SMILES string of the molecule is COc1ccc(CN(C)S(=O)(=O)/C=C/c2ccccc2)cc1. The third-order valence-electron chi connectivity index (χ3n) is 3.23. The minimum Gasteiger partial charge on any atom is -0.497 e. The van der Waals surface area contributed by atoms with E-state index in [1.165, 1.54) is 9.71 Å². The Morgan fingerprint density at radius 1 is 1.05 bits per heavy atom. The highest BCUT2D eigenvalue weighted by Gasteiger charge is 2.14. The van der Waals surface area contributed by atoms with E-state index in [2.05, 4.69) is 0 Å². The zero-order valence-electron chi connectivity index (χ0n) is 12.6. The maximum atomic E-state index is 12.2. The van der Waals surface area contributed by atoms with Crippen LogP contribution >= 0.6 is 0 Å². The van der Waals surface area contributed by atoms with Crippen LogP contribution in [0.25, 0.3) is 6.08 Å². The topological polar surface area (TPSA) is 46.6 Å². The monoisotopic (exact) mass is 317 g/mol. The molecule has 4 nitrogen and oxygen atoms in total. The second-order valence-electron chi connectivity index (χ2n) is 4.86. The molecule has 0 saturated heterocycles. The molecule has 0 spiro atoms. The molecule has 0 aliphatic rings. The van der Waals surface area contributed by atoms with Crippen LogP contribution in [0.15, 0.2) is 60.0 Å². The molecule has 2 aromatic carbocycles. The summed E-state index contributed by atoms with van der Waals surface area (Å²) in [5, 5.41) is 1.23. The molecule has 0 fully saturated rings. The van der Waals surface area contributed by atoms with Gasteiger partial charge in [-0.1, -0.05) is 42.5 Å². The molecular formula is C17H19NO3S. The van der Waals surface area contributed by atoms with Crippen molar-refractivity contribution in [3.63, 3.8) is 0 Å². The number of sulfonamides is 1. The summed E-state index contributed by atoms with van der Waals surface area (Å²) in [5.74, 6) is 0.748. The average molecular weight is 317 g/mol. The second kappa shape index (κ2) is 7.24. The molecule has 0 aliphatic heterocycles. The Kier molecular flexibility index (Phi) is 5.35. The highest BCUT2D eigenvalue weighted by molar-refractivity contribution is 7.92. The van der Waals surface area contributed by atoms with Gasteiger partial charge in [0, 0.05) is 19.0 Å². The molecule has 0 saturated carbocycles. The first kappa shape index (κ1) is 16.3. The lowest BCUT2D eigenvalue weighted by Gasteiger charge is -2.14. The Morgan fingerprint density at radius 3 is 2.27 bits per heavy atom. The summed E-state index contributed by atoms with van der Waals surface area (Å²) < 4.78 is 30.9. The third-order valence-corrected chi connectivity index (χ3v) is 4.71. The first-order valence-corrected chi connectivity index (χ1v) is 8.34. The fourth-order valence-electron chi connectivity index (χ4n) is 1.91. The van der Waals surface area contributed by atoms with Gasteiger partial charge in [-0.25, -0.2) is 8.42 Å². The number of rotatable bonds is 6. The van der Waals surface area contributed by atoms with Crippen LogP contribution in [-0.2, 0) is 16.6 Å². The molecule has 0 heterocycles. The van der Waals surface area contributed by atoms with Gasteiger partial charge in [0.05, 0.1) is 7.11 Å². The van der Waals surface area contributed by atoms with Gasteiger partial charge in [0.25, 0.3) is 0 Å². The van der Waals surface area contributed by atoms with Crippen LogP contribution in [0, 0.1) is 0 Å². The largest absolute Gasteiger partial charge is 0.497 e. The first-order valence-electron chi connectivity index (χ1n) is 6.84. The lowest BCUT2D eigenvalue weighted by Crippen LogP contribution is -2.24. The Morgan fingerprint density at radius 2 is 1.68 bits per heavy atom. The van der Waals surface area contributed by atoms with Crippen molar-refractivity contribution in [3.05, 3.63) is 71.1 Å². The van der Waals surface area contributed by atoms with E-state index in [1.54, 1.807) is 20.2 Å². The van der Waals surface area contributed by atoms with Crippen molar-refractivity contribution in [2.45, 2.75) is 6.54 Å². The van der Waals surface area contributed by atoms with Crippen molar-refractivity contribution in [3.8, 4) is 5.75 Å². The van der Waals surface area contributed by atoms with Crippen LogP contribution in [0.1, 0.15) is 11.1 Å². The standard InChI is InChI=1S/C17H19NO3S/c1-18(14-16-8-10-17(21-2)11-9-16)22(19,20)13-12-15-6-4-3-5-7-15/h3-13H,14H2,1-2H3/b13-12+. The summed E-state index contributed by atoms with van der Waals surface area (Å²) in [7, 11) is -0.289. The van der Waals surface area contributed by atoms with E-state index >= 15 is 0 Å². The molecule has 0 radical (unpaired) electrons. The fraction of sp³-hybridized carbons (Fsp3) is 0.176. The lowest BCUT2D eigenvalue weighted by atomic mass is 10.2. The van der Waals surface area contributed by atoms with E-state index in [4.69, 9.17) is 4.74 Å². The third kappa shape index (κ3) is 4.44. The Labute approximate surface area is 131 Å². The van der Waals surface area contributed by atoms with Gasteiger partial charge in [0.1, 0.15) is 5.75 Å². The fourth-order valence-corrected chi connectivity index (χ4v) is 2.78. The van der Waals surface area contributed by atoms with Crippen LogP contribution in [-0.4, -0.2) is 26.9 Å². The Hall–Kier alpha value is -2.11. The van der Waals surface area contributed by atoms with E-state index in [0.29, 0.717) is 6.54 Å². The first-order chi connectivity index (χ1) is 10.5. The average Bonchev–Trinajstić information content (AvgIpc) is 2.54. The molecule has 0 atom stereocenters. The van der Waals surface area contributed by atoms with Crippen molar-refractivity contribution in [2.75, 3.05) is 14.2 Å². The molecule has 22 heavy (non-hydrogen) atoms.